The van der Waals surface area contributed by atoms with Gasteiger partial charge in [-0.25, -0.2) is 0 Å². The lowest BCUT2D eigenvalue weighted by Gasteiger charge is -2.26. The average molecular weight is 260 g/mol. The van der Waals surface area contributed by atoms with E-state index in [-0.39, 0.29) is 11.9 Å². The second-order valence-electron chi connectivity index (χ2n) is 5.27. The molecule has 1 heterocycles. The summed E-state index contributed by atoms with van der Waals surface area (Å²) in [6.07, 6.45) is 4.52. The van der Waals surface area contributed by atoms with Crippen molar-refractivity contribution in [3.8, 4) is 0 Å². The Labute approximate surface area is 116 Å². The van der Waals surface area contributed by atoms with Crippen molar-refractivity contribution in [3.05, 3.63) is 29.8 Å². The largest absolute Gasteiger partial charge is 0.311 e. The average Bonchev–Trinajstić information content (AvgIpc) is 2.70. The first kappa shape index (κ1) is 14.1. The maximum absolute atomic E-state index is 12.6. The fraction of sp³-hybridized carbons (Fsp3) is 0.562. The molecule has 1 amide bonds. The number of likely N-dealkylation sites (N-methyl/N-ethyl adjacent to an activating group) is 1. The lowest BCUT2D eigenvalue weighted by atomic mass is 10.1. The number of hydrogen-bond donors (Lipinski definition) is 1. The third-order valence-corrected chi connectivity index (χ3v) is 3.79. The van der Waals surface area contributed by atoms with Crippen LogP contribution >= 0.6 is 0 Å². The highest BCUT2D eigenvalue weighted by atomic mass is 16.2. The summed E-state index contributed by atoms with van der Waals surface area (Å²) in [6.45, 7) is 5.78. The molecule has 19 heavy (non-hydrogen) atoms. The zero-order valence-electron chi connectivity index (χ0n) is 12.0. The number of nitrogens with zero attached hydrogens (tertiary/aromatic N) is 1. The van der Waals surface area contributed by atoms with Gasteiger partial charge in [0.1, 0.15) is 0 Å². The summed E-state index contributed by atoms with van der Waals surface area (Å²) < 4.78 is 0. The molecule has 2 rings (SSSR count). The Bertz CT molecular complexity index is 405. The van der Waals surface area contributed by atoms with Crippen LogP contribution in [0.4, 0.5) is 5.69 Å². The Morgan fingerprint density at radius 1 is 1.26 bits per heavy atom. The topological polar surface area (TPSA) is 32.3 Å². The number of amides is 1. The van der Waals surface area contributed by atoms with Crippen molar-refractivity contribution >= 4 is 11.6 Å². The molecule has 1 unspecified atom stereocenters. The van der Waals surface area contributed by atoms with Crippen LogP contribution in [0, 0.1) is 6.92 Å². The van der Waals surface area contributed by atoms with Gasteiger partial charge >= 0.3 is 0 Å². The molecular formula is C16H24N2O. The maximum atomic E-state index is 12.6. The van der Waals surface area contributed by atoms with Gasteiger partial charge in [0.15, 0.2) is 0 Å². The number of nitrogens with one attached hydrogen (secondary N) is 1. The summed E-state index contributed by atoms with van der Waals surface area (Å²) in [5.41, 5.74) is 2.23. The van der Waals surface area contributed by atoms with Crippen LogP contribution in [-0.4, -0.2) is 25.0 Å². The number of benzene rings is 1. The van der Waals surface area contributed by atoms with Crippen LogP contribution < -0.4 is 10.2 Å². The Balaban J connectivity index is 2.11. The molecular weight excluding hydrogens is 236 g/mol. The van der Waals surface area contributed by atoms with Crippen LogP contribution in [0.25, 0.3) is 0 Å². The van der Waals surface area contributed by atoms with Crippen LogP contribution in [0.3, 0.4) is 0 Å². The standard InChI is InChI=1S/C16H24N2O/c1-3-18(14-10-8-13(2)9-11-14)16(19)15-7-5-4-6-12-17-15/h8-11,15,17H,3-7,12H2,1-2H3. The summed E-state index contributed by atoms with van der Waals surface area (Å²) in [7, 11) is 0. The summed E-state index contributed by atoms with van der Waals surface area (Å²) in [5.74, 6) is 0.216. The zero-order valence-corrected chi connectivity index (χ0v) is 12.0. The van der Waals surface area contributed by atoms with Gasteiger partial charge in [-0.3, -0.25) is 4.79 Å². The molecule has 3 heteroatoms. The molecule has 1 aromatic carbocycles. The zero-order chi connectivity index (χ0) is 13.7. The first-order chi connectivity index (χ1) is 9.22. The van der Waals surface area contributed by atoms with Gasteiger partial charge in [0.2, 0.25) is 5.91 Å². The van der Waals surface area contributed by atoms with Crippen LogP contribution in [0.1, 0.15) is 38.2 Å². The van der Waals surface area contributed by atoms with Gasteiger partial charge in [0.25, 0.3) is 0 Å². The van der Waals surface area contributed by atoms with Gasteiger partial charge in [-0.2, -0.15) is 0 Å². The Hall–Kier alpha value is -1.35. The van der Waals surface area contributed by atoms with E-state index in [1.165, 1.54) is 18.4 Å². The maximum Gasteiger partial charge on any atom is 0.244 e. The summed E-state index contributed by atoms with van der Waals surface area (Å²) >= 11 is 0. The van der Waals surface area contributed by atoms with Crippen molar-refractivity contribution in [2.75, 3.05) is 18.0 Å². The molecule has 0 radical (unpaired) electrons. The number of carbonyl (C=O) groups is 1. The van der Waals surface area contributed by atoms with E-state index in [1.54, 1.807) is 0 Å². The predicted molar refractivity (Wildman–Crippen MR) is 79.5 cm³/mol. The van der Waals surface area contributed by atoms with Crippen molar-refractivity contribution in [1.29, 1.82) is 0 Å². The highest BCUT2D eigenvalue weighted by molar-refractivity contribution is 5.97. The fourth-order valence-corrected chi connectivity index (χ4v) is 2.62. The quantitative estimate of drug-likeness (QED) is 0.906. The van der Waals surface area contributed by atoms with E-state index in [4.69, 9.17) is 0 Å². The number of hydrogen-bond acceptors (Lipinski definition) is 2. The van der Waals surface area contributed by atoms with Crippen LogP contribution in [0.2, 0.25) is 0 Å². The third kappa shape index (κ3) is 3.57. The molecule has 1 saturated heterocycles. The van der Waals surface area contributed by atoms with Crippen molar-refractivity contribution in [3.63, 3.8) is 0 Å². The van der Waals surface area contributed by atoms with E-state index in [9.17, 15) is 4.79 Å². The molecule has 0 bridgehead atoms. The Morgan fingerprint density at radius 3 is 2.68 bits per heavy atom. The number of aryl methyl sites for hydroxylation is 1. The minimum absolute atomic E-state index is 0.0104. The molecule has 1 aromatic rings. The molecule has 1 fully saturated rings. The summed E-state index contributed by atoms with van der Waals surface area (Å²) in [4.78, 5) is 14.5. The molecule has 1 aliphatic heterocycles. The molecule has 1 aliphatic rings. The summed E-state index contributed by atoms with van der Waals surface area (Å²) in [6, 6.07) is 8.18. The van der Waals surface area contributed by atoms with Gasteiger partial charge < -0.3 is 10.2 Å². The van der Waals surface area contributed by atoms with E-state index in [1.807, 2.05) is 24.0 Å². The monoisotopic (exact) mass is 260 g/mol. The highest BCUT2D eigenvalue weighted by Crippen LogP contribution is 2.18. The molecule has 0 aromatic heterocycles. The van der Waals surface area contributed by atoms with Crippen LogP contribution in [0.15, 0.2) is 24.3 Å². The van der Waals surface area contributed by atoms with E-state index in [0.717, 1.165) is 31.6 Å². The van der Waals surface area contributed by atoms with Crippen LogP contribution in [-0.2, 0) is 4.79 Å². The smallest absolute Gasteiger partial charge is 0.244 e. The second-order valence-corrected chi connectivity index (χ2v) is 5.27. The second kappa shape index (κ2) is 6.71. The molecule has 1 atom stereocenters. The van der Waals surface area contributed by atoms with Gasteiger partial charge in [0, 0.05) is 12.2 Å². The fourth-order valence-electron chi connectivity index (χ4n) is 2.62. The predicted octanol–water partition coefficient (Wildman–Crippen LogP) is 2.88. The first-order valence-corrected chi connectivity index (χ1v) is 7.34. The minimum Gasteiger partial charge on any atom is -0.311 e. The molecule has 104 valence electrons. The molecule has 0 spiro atoms. The molecule has 3 nitrogen and oxygen atoms in total. The molecule has 0 aliphatic carbocycles. The molecule has 0 saturated carbocycles. The van der Waals surface area contributed by atoms with E-state index in [2.05, 4.69) is 24.4 Å². The lowest BCUT2D eigenvalue weighted by molar-refractivity contribution is -0.120. The third-order valence-electron chi connectivity index (χ3n) is 3.79. The normalized spacial score (nSPS) is 19.8. The van der Waals surface area contributed by atoms with Crippen LogP contribution in [0.5, 0.6) is 0 Å². The van der Waals surface area contributed by atoms with Crippen molar-refractivity contribution < 1.29 is 4.79 Å². The highest BCUT2D eigenvalue weighted by Gasteiger charge is 2.24. The van der Waals surface area contributed by atoms with E-state index >= 15 is 0 Å². The Kier molecular flexibility index (Phi) is 4.97. The molecule has 1 N–H and O–H groups in total. The number of carbonyl (C=O) groups excluding carboxylic acids is 1. The van der Waals surface area contributed by atoms with Gasteiger partial charge in [-0.05, 0) is 45.4 Å². The van der Waals surface area contributed by atoms with Gasteiger partial charge in [0.05, 0.1) is 6.04 Å². The number of rotatable bonds is 3. The number of anilines is 1. The van der Waals surface area contributed by atoms with Crippen molar-refractivity contribution in [1.82, 2.24) is 5.32 Å². The van der Waals surface area contributed by atoms with Crippen molar-refractivity contribution in [2.45, 2.75) is 45.6 Å². The van der Waals surface area contributed by atoms with Gasteiger partial charge in [-0.15, -0.1) is 0 Å². The Morgan fingerprint density at radius 2 is 2.00 bits per heavy atom. The van der Waals surface area contributed by atoms with Crippen molar-refractivity contribution in [2.24, 2.45) is 0 Å². The van der Waals surface area contributed by atoms with E-state index < -0.39 is 0 Å². The SMILES string of the molecule is CCN(C(=O)C1CCCCCN1)c1ccc(C)cc1. The summed E-state index contributed by atoms with van der Waals surface area (Å²) in [5, 5.41) is 3.39. The first-order valence-electron chi connectivity index (χ1n) is 7.34. The van der Waals surface area contributed by atoms with Gasteiger partial charge in [-0.1, -0.05) is 30.5 Å². The van der Waals surface area contributed by atoms with E-state index in [0.29, 0.717) is 0 Å². The lowest BCUT2D eigenvalue weighted by Crippen LogP contribution is -2.46. The minimum atomic E-state index is -0.0104.